The van der Waals surface area contributed by atoms with E-state index in [9.17, 15) is 14.4 Å². The van der Waals surface area contributed by atoms with Gasteiger partial charge < -0.3 is 19.5 Å². The summed E-state index contributed by atoms with van der Waals surface area (Å²) in [5.74, 6) is 0.606. The fraction of sp³-hybridized carbons (Fsp3) is 0.207. The van der Waals surface area contributed by atoms with Crippen LogP contribution in [0.4, 0.5) is 10.5 Å². The maximum absolute atomic E-state index is 12.9. The second-order valence-corrected chi connectivity index (χ2v) is 11.1. The number of ether oxygens (including phenoxy) is 3. The van der Waals surface area contributed by atoms with Gasteiger partial charge in [-0.1, -0.05) is 17.7 Å². The van der Waals surface area contributed by atoms with E-state index < -0.39 is 5.91 Å². The van der Waals surface area contributed by atoms with Crippen LogP contribution in [0.25, 0.3) is 6.08 Å². The molecule has 1 heterocycles. The minimum atomic E-state index is -0.400. The Balaban J connectivity index is 1.36. The first kappa shape index (κ1) is 29.5. The zero-order valence-corrected chi connectivity index (χ0v) is 25.1. The molecule has 208 valence electrons. The molecule has 8 nitrogen and oxygen atoms in total. The molecule has 0 aromatic heterocycles. The Morgan fingerprint density at radius 3 is 2.48 bits per heavy atom. The number of hydrogen-bond donors (Lipinski definition) is 1. The first-order valence-corrected chi connectivity index (χ1v) is 14.1. The smallest absolute Gasteiger partial charge is 0.293 e. The van der Waals surface area contributed by atoms with Gasteiger partial charge in [0.05, 0.1) is 24.2 Å². The van der Waals surface area contributed by atoms with Crippen LogP contribution < -0.4 is 19.5 Å². The Morgan fingerprint density at radius 1 is 1.02 bits per heavy atom. The van der Waals surface area contributed by atoms with Crippen LogP contribution >= 0.6 is 39.3 Å². The Hall–Kier alpha value is -3.47. The second kappa shape index (κ2) is 13.3. The monoisotopic (exact) mass is 644 g/mol. The van der Waals surface area contributed by atoms with Gasteiger partial charge in [0.1, 0.15) is 12.4 Å². The van der Waals surface area contributed by atoms with E-state index in [-0.39, 0.29) is 35.8 Å². The maximum atomic E-state index is 12.9. The molecule has 1 fully saturated rings. The number of methoxy groups -OCH3 is 1. The molecule has 3 aromatic carbocycles. The lowest BCUT2D eigenvalue weighted by Gasteiger charge is -2.13. The van der Waals surface area contributed by atoms with Crippen LogP contribution in [0, 0.1) is 13.8 Å². The zero-order chi connectivity index (χ0) is 28.8. The van der Waals surface area contributed by atoms with Gasteiger partial charge >= 0.3 is 0 Å². The summed E-state index contributed by atoms with van der Waals surface area (Å²) in [5.41, 5.74) is 3.46. The topological polar surface area (TPSA) is 94.2 Å². The summed E-state index contributed by atoms with van der Waals surface area (Å²) in [4.78, 5) is 39.2. The number of hydrogen-bond acceptors (Lipinski definition) is 7. The number of benzene rings is 3. The summed E-state index contributed by atoms with van der Waals surface area (Å²) in [7, 11) is 1.48. The van der Waals surface area contributed by atoms with Gasteiger partial charge in [0.2, 0.25) is 0 Å². The summed E-state index contributed by atoms with van der Waals surface area (Å²) >= 11 is 10.2. The van der Waals surface area contributed by atoms with Crippen LogP contribution in [0.5, 0.6) is 17.2 Å². The van der Waals surface area contributed by atoms with E-state index in [1.807, 2.05) is 26.0 Å². The lowest BCUT2D eigenvalue weighted by molar-refractivity contribution is -0.123. The molecule has 0 aliphatic carbocycles. The SMILES string of the molecule is COc1cc(/C=C2\SC(=O)N(CCOc3ccc(Cl)cc3)C2=O)ccc1OCC(=O)Nc1cc(C)c(C)cc1Br. The predicted octanol–water partition coefficient (Wildman–Crippen LogP) is 6.86. The van der Waals surface area contributed by atoms with Gasteiger partial charge in [0.15, 0.2) is 18.1 Å². The minimum absolute atomic E-state index is 0.113. The van der Waals surface area contributed by atoms with Crippen molar-refractivity contribution in [3.63, 3.8) is 0 Å². The number of imide groups is 1. The first-order valence-electron chi connectivity index (χ1n) is 12.2. The zero-order valence-electron chi connectivity index (χ0n) is 22.0. The lowest BCUT2D eigenvalue weighted by Crippen LogP contribution is -2.32. The fourth-order valence-electron chi connectivity index (χ4n) is 3.73. The number of rotatable bonds is 10. The molecule has 0 spiro atoms. The predicted molar refractivity (Wildman–Crippen MR) is 160 cm³/mol. The van der Waals surface area contributed by atoms with E-state index in [1.165, 1.54) is 7.11 Å². The quantitative estimate of drug-likeness (QED) is 0.241. The van der Waals surface area contributed by atoms with Crippen LogP contribution in [0.2, 0.25) is 5.02 Å². The first-order chi connectivity index (χ1) is 19.1. The molecule has 0 saturated carbocycles. The minimum Gasteiger partial charge on any atom is -0.493 e. The van der Waals surface area contributed by atoms with Crippen molar-refractivity contribution < 1.29 is 28.6 Å². The molecule has 3 amide bonds. The average Bonchev–Trinajstić information content (AvgIpc) is 3.19. The number of nitrogens with zero attached hydrogens (tertiary/aromatic N) is 1. The largest absolute Gasteiger partial charge is 0.493 e. The van der Waals surface area contributed by atoms with Crippen molar-refractivity contribution in [2.24, 2.45) is 0 Å². The van der Waals surface area contributed by atoms with Crippen LogP contribution in [0.15, 0.2) is 64.0 Å². The van der Waals surface area contributed by atoms with Gasteiger partial charge in [0, 0.05) is 9.50 Å². The Morgan fingerprint density at radius 2 is 1.75 bits per heavy atom. The van der Waals surface area contributed by atoms with Gasteiger partial charge in [-0.15, -0.1) is 0 Å². The molecule has 0 unspecified atom stereocenters. The van der Waals surface area contributed by atoms with Crippen molar-refractivity contribution in [1.82, 2.24) is 4.90 Å². The van der Waals surface area contributed by atoms with E-state index in [4.69, 9.17) is 25.8 Å². The summed E-state index contributed by atoms with van der Waals surface area (Å²) in [6.07, 6.45) is 1.61. The van der Waals surface area contributed by atoms with E-state index in [0.29, 0.717) is 33.5 Å². The highest BCUT2D eigenvalue weighted by molar-refractivity contribution is 9.10. The second-order valence-electron chi connectivity index (χ2n) is 8.80. The van der Waals surface area contributed by atoms with Crippen molar-refractivity contribution in [3.05, 3.63) is 85.7 Å². The molecular weight excluding hydrogens is 620 g/mol. The third-order valence-electron chi connectivity index (χ3n) is 5.97. The van der Waals surface area contributed by atoms with Crippen molar-refractivity contribution >= 4 is 68.1 Å². The molecule has 0 radical (unpaired) electrons. The van der Waals surface area contributed by atoms with Gasteiger partial charge in [0.25, 0.3) is 17.1 Å². The summed E-state index contributed by atoms with van der Waals surface area (Å²) in [6, 6.07) is 15.7. The molecule has 1 aliphatic rings. The fourth-order valence-corrected chi connectivity index (χ4v) is 5.28. The summed E-state index contributed by atoms with van der Waals surface area (Å²) < 4.78 is 17.5. The molecule has 4 rings (SSSR count). The van der Waals surface area contributed by atoms with Crippen molar-refractivity contribution in [2.45, 2.75) is 13.8 Å². The third kappa shape index (κ3) is 7.38. The Labute approximate surface area is 249 Å². The number of nitrogens with one attached hydrogen (secondary N) is 1. The van der Waals surface area contributed by atoms with Crippen molar-refractivity contribution in [3.8, 4) is 17.2 Å². The maximum Gasteiger partial charge on any atom is 0.293 e. The van der Waals surface area contributed by atoms with E-state index >= 15 is 0 Å². The highest BCUT2D eigenvalue weighted by atomic mass is 79.9. The summed E-state index contributed by atoms with van der Waals surface area (Å²) in [6.45, 7) is 4.00. The van der Waals surface area contributed by atoms with Crippen LogP contribution in [-0.2, 0) is 9.59 Å². The van der Waals surface area contributed by atoms with Crippen LogP contribution in [0.1, 0.15) is 16.7 Å². The highest BCUT2D eigenvalue weighted by Crippen LogP contribution is 2.34. The molecular formula is C29H26BrClN2O6S. The number of anilines is 1. The molecule has 40 heavy (non-hydrogen) atoms. The number of carbonyl (C=O) groups excluding carboxylic acids is 3. The van der Waals surface area contributed by atoms with E-state index in [0.717, 1.165) is 32.3 Å². The number of amides is 3. The van der Waals surface area contributed by atoms with Gasteiger partial charge in [-0.25, -0.2) is 0 Å². The number of thioether (sulfide) groups is 1. The average molecular weight is 646 g/mol. The van der Waals surface area contributed by atoms with E-state index in [1.54, 1.807) is 48.5 Å². The standard InChI is InChI=1S/C29H26BrClN2O6S/c1-17-12-22(30)23(13-18(17)2)32-27(34)16-39-24-9-4-19(14-25(24)37-3)15-26-28(35)33(29(36)40-26)10-11-38-21-7-5-20(31)6-8-21/h4-9,12-15H,10-11,16H2,1-3H3,(H,32,34)/b26-15-. The number of halogens is 2. The van der Waals surface area contributed by atoms with Crippen LogP contribution in [0.3, 0.4) is 0 Å². The molecule has 0 bridgehead atoms. The molecule has 11 heteroatoms. The molecule has 1 aliphatic heterocycles. The summed E-state index contributed by atoms with van der Waals surface area (Å²) in [5, 5.41) is 3.05. The molecule has 3 aromatic rings. The van der Waals surface area contributed by atoms with Gasteiger partial charge in [-0.2, -0.15) is 0 Å². The normalized spacial score (nSPS) is 14.0. The van der Waals surface area contributed by atoms with Crippen molar-refractivity contribution in [1.29, 1.82) is 0 Å². The van der Waals surface area contributed by atoms with E-state index in [2.05, 4.69) is 21.2 Å². The highest BCUT2D eigenvalue weighted by Gasteiger charge is 2.34. The number of carbonyl (C=O) groups is 3. The van der Waals surface area contributed by atoms with Crippen LogP contribution in [-0.4, -0.2) is 48.8 Å². The Bertz CT molecular complexity index is 1480. The molecule has 0 atom stereocenters. The van der Waals surface area contributed by atoms with Gasteiger partial charge in [-0.05, 0) is 113 Å². The van der Waals surface area contributed by atoms with Crippen molar-refractivity contribution in [2.75, 3.05) is 32.2 Å². The Kier molecular flexibility index (Phi) is 9.78. The number of aryl methyl sites for hydroxylation is 2. The third-order valence-corrected chi connectivity index (χ3v) is 7.79. The lowest BCUT2D eigenvalue weighted by atomic mass is 10.1. The molecule has 1 saturated heterocycles. The molecule has 1 N–H and O–H groups in total. The van der Waals surface area contributed by atoms with Gasteiger partial charge in [-0.3, -0.25) is 19.3 Å².